The van der Waals surface area contributed by atoms with E-state index < -0.39 is 11.9 Å². The van der Waals surface area contributed by atoms with E-state index in [1.807, 2.05) is 0 Å². The third-order valence-corrected chi connectivity index (χ3v) is 8.52. The molecule has 0 aromatic heterocycles. The molecule has 0 N–H and O–H groups in total. The first-order valence-corrected chi connectivity index (χ1v) is 9.69. The molecule has 0 atom stereocenters. The Morgan fingerprint density at radius 2 is 1.04 bits per heavy atom. The maximum Gasteiger partial charge on any atom is 0.132 e. The van der Waals surface area contributed by atoms with Gasteiger partial charge in [0.25, 0.3) is 0 Å². The van der Waals surface area contributed by atoms with Gasteiger partial charge in [-0.15, -0.1) is 0 Å². The molecule has 3 aromatic rings. The Kier molecular flexibility index (Phi) is 4.38. The summed E-state index contributed by atoms with van der Waals surface area (Å²) in [5.41, 5.74) is 0. The van der Waals surface area contributed by atoms with Crippen LogP contribution >= 0.6 is 6.04 Å². The maximum absolute atomic E-state index is 14.4. The zero-order chi connectivity index (χ0) is 16.4. The fraction of sp³-hybridized carbons (Fsp3) is 0. The highest BCUT2D eigenvalue weighted by atomic mass is 32.4. The highest BCUT2D eigenvalue weighted by molar-refractivity contribution is 8.25. The molecular weight excluding hydrogens is 336 g/mol. The summed E-state index contributed by atoms with van der Waals surface area (Å²) in [6.07, 6.45) is 0. The van der Waals surface area contributed by atoms with Crippen molar-refractivity contribution in [3.8, 4) is 0 Å². The summed E-state index contributed by atoms with van der Waals surface area (Å²) < 4.78 is 41.0. The van der Waals surface area contributed by atoms with Crippen LogP contribution in [-0.4, -0.2) is 0 Å². The molecule has 0 nitrogen and oxygen atoms in total. The summed E-state index contributed by atoms with van der Waals surface area (Å²) in [7, 11) is 0. The van der Waals surface area contributed by atoms with E-state index in [1.54, 1.807) is 42.5 Å². The van der Waals surface area contributed by atoms with Crippen LogP contribution in [0.3, 0.4) is 0 Å². The van der Waals surface area contributed by atoms with Crippen molar-refractivity contribution in [3.63, 3.8) is 0 Å². The molecule has 0 radical (unpaired) electrons. The van der Waals surface area contributed by atoms with Gasteiger partial charge in [0.2, 0.25) is 0 Å². The second kappa shape index (κ2) is 6.31. The normalized spacial score (nSPS) is 11.4. The molecular formula is C18H12F3PS. The Labute approximate surface area is 137 Å². The molecule has 0 spiro atoms. The third kappa shape index (κ3) is 2.97. The van der Waals surface area contributed by atoms with Gasteiger partial charge in [-0.1, -0.05) is 54.3 Å². The lowest BCUT2D eigenvalue weighted by atomic mass is 10.3. The van der Waals surface area contributed by atoms with Gasteiger partial charge in [0.1, 0.15) is 17.5 Å². The maximum atomic E-state index is 14.4. The zero-order valence-corrected chi connectivity index (χ0v) is 13.6. The molecule has 3 aromatic carbocycles. The van der Waals surface area contributed by atoms with Gasteiger partial charge in [0.05, 0.1) is 0 Å². The molecule has 0 heterocycles. The van der Waals surface area contributed by atoms with Crippen molar-refractivity contribution in [2.24, 2.45) is 0 Å². The summed E-state index contributed by atoms with van der Waals surface area (Å²) in [5, 5.41) is 1.70. The molecule has 23 heavy (non-hydrogen) atoms. The summed E-state index contributed by atoms with van der Waals surface area (Å²) in [5.74, 6) is -1.18. The lowest BCUT2D eigenvalue weighted by Gasteiger charge is -2.24. The topological polar surface area (TPSA) is 0 Å². The van der Waals surface area contributed by atoms with Crippen molar-refractivity contribution in [2.75, 3.05) is 0 Å². The first-order valence-electron chi connectivity index (χ1n) is 6.89. The van der Waals surface area contributed by atoms with Crippen LogP contribution in [-0.2, 0) is 11.8 Å². The SMILES string of the molecule is Fc1ccc(P(=S)(c2ccc(F)cc2)c2ccccc2F)cc1. The molecule has 0 bridgehead atoms. The molecule has 0 aliphatic rings. The predicted octanol–water partition coefficient (Wildman–Crippen LogP) is 3.86. The van der Waals surface area contributed by atoms with E-state index in [1.165, 1.54) is 30.3 Å². The Morgan fingerprint density at radius 3 is 1.48 bits per heavy atom. The molecule has 0 aliphatic carbocycles. The number of benzene rings is 3. The predicted molar refractivity (Wildman–Crippen MR) is 92.4 cm³/mol. The fourth-order valence-corrected chi connectivity index (χ4v) is 6.27. The van der Waals surface area contributed by atoms with Crippen molar-refractivity contribution >= 4 is 33.8 Å². The first kappa shape index (κ1) is 16.0. The zero-order valence-electron chi connectivity index (χ0n) is 11.9. The monoisotopic (exact) mass is 348 g/mol. The largest absolute Gasteiger partial charge is 0.207 e. The molecule has 0 aliphatic heterocycles. The first-order chi connectivity index (χ1) is 11.0. The van der Waals surface area contributed by atoms with Gasteiger partial charge in [-0.3, -0.25) is 0 Å². The summed E-state index contributed by atoms with van der Waals surface area (Å²) in [6.45, 7) is 0. The quantitative estimate of drug-likeness (QED) is 0.648. The standard InChI is InChI=1S/C18H12F3PS/c19-13-5-9-15(10-6-13)22(23,16-11-7-14(20)8-12-16)18-4-2-1-3-17(18)21/h1-12H. The van der Waals surface area contributed by atoms with E-state index in [2.05, 4.69) is 0 Å². The van der Waals surface area contributed by atoms with Gasteiger partial charge in [0, 0.05) is 11.3 Å². The minimum atomic E-state index is -2.73. The average Bonchev–Trinajstić information content (AvgIpc) is 2.56. The van der Waals surface area contributed by atoms with Crippen LogP contribution in [0.2, 0.25) is 0 Å². The van der Waals surface area contributed by atoms with Gasteiger partial charge >= 0.3 is 0 Å². The van der Waals surface area contributed by atoms with Crippen molar-refractivity contribution < 1.29 is 13.2 Å². The Hall–Kier alpha value is -1.90. The summed E-state index contributed by atoms with van der Waals surface area (Å²) >= 11 is 5.90. The van der Waals surface area contributed by atoms with Crippen molar-refractivity contribution in [1.29, 1.82) is 0 Å². The van der Waals surface area contributed by atoms with E-state index in [4.69, 9.17) is 11.8 Å². The molecule has 5 heteroatoms. The van der Waals surface area contributed by atoms with E-state index in [0.717, 1.165) is 0 Å². The Balaban J connectivity index is 2.29. The van der Waals surface area contributed by atoms with Gasteiger partial charge in [-0.2, -0.15) is 0 Å². The second-order valence-corrected chi connectivity index (χ2v) is 9.39. The smallest absolute Gasteiger partial charge is 0.132 e. The van der Waals surface area contributed by atoms with Crippen LogP contribution in [0.25, 0.3) is 0 Å². The number of hydrogen-bond acceptors (Lipinski definition) is 1. The van der Waals surface area contributed by atoms with Gasteiger partial charge < -0.3 is 0 Å². The van der Waals surface area contributed by atoms with Crippen molar-refractivity contribution in [3.05, 3.63) is 90.2 Å². The molecule has 0 saturated carbocycles. The highest BCUT2D eigenvalue weighted by Crippen LogP contribution is 2.43. The molecule has 116 valence electrons. The number of halogens is 3. The van der Waals surface area contributed by atoms with E-state index >= 15 is 0 Å². The lowest BCUT2D eigenvalue weighted by molar-refractivity contribution is 0.628. The lowest BCUT2D eigenvalue weighted by Crippen LogP contribution is -2.26. The second-order valence-electron chi connectivity index (χ2n) is 5.01. The van der Waals surface area contributed by atoms with E-state index in [0.29, 0.717) is 15.9 Å². The van der Waals surface area contributed by atoms with Crippen LogP contribution < -0.4 is 15.9 Å². The Morgan fingerprint density at radius 1 is 0.609 bits per heavy atom. The Bertz CT molecular complexity index is 824. The molecule has 0 amide bonds. The van der Waals surface area contributed by atoms with Crippen LogP contribution in [0, 0.1) is 17.5 Å². The van der Waals surface area contributed by atoms with Crippen LogP contribution in [0.1, 0.15) is 0 Å². The van der Waals surface area contributed by atoms with Gasteiger partial charge in [0.15, 0.2) is 0 Å². The van der Waals surface area contributed by atoms with Crippen molar-refractivity contribution in [1.82, 2.24) is 0 Å². The van der Waals surface area contributed by atoms with Crippen LogP contribution in [0.5, 0.6) is 0 Å². The van der Waals surface area contributed by atoms with Crippen LogP contribution in [0.4, 0.5) is 13.2 Å². The fourth-order valence-electron chi connectivity index (χ4n) is 2.44. The summed E-state index contributed by atoms with van der Waals surface area (Å²) in [6, 6.07) is 15.1. The number of hydrogen-bond donors (Lipinski definition) is 0. The van der Waals surface area contributed by atoms with Gasteiger partial charge in [-0.25, -0.2) is 13.2 Å². The minimum absolute atomic E-state index is 0.383. The molecule has 0 fully saturated rings. The minimum Gasteiger partial charge on any atom is -0.207 e. The molecule has 3 rings (SSSR count). The highest BCUT2D eigenvalue weighted by Gasteiger charge is 2.27. The molecule has 0 unspecified atom stereocenters. The van der Waals surface area contributed by atoms with E-state index in [9.17, 15) is 13.2 Å². The van der Waals surface area contributed by atoms with E-state index in [-0.39, 0.29) is 11.6 Å². The van der Waals surface area contributed by atoms with Gasteiger partial charge in [-0.05, 0) is 40.9 Å². The average molecular weight is 348 g/mol. The van der Waals surface area contributed by atoms with Crippen LogP contribution in [0.15, 0.2) is 72.8 Å². The number of rotatable bonds is 3. The molecule has 0 saturated heterocycles. The van der Waals surface area contributed by atoms with Crippen molar-refractivity contribution in [2.45, 2.75) is 0 Å². The summed E-state index contributed by atoms with van der Waals surface area (Å²) in [4.78, 5) is 0. The third-order valence-electron chi connectivity index (χ3n) is 3.57.